The molecule has 2 aliphatic rings. The van der Waals surface area contributed by atoms with Crippen molar-refractivity contribution in [1.29, 1.82) is 0 Å². The normalized spacial score (nSPS) is 23.6. The Bertz CT molecular complexity index is 718. The molecule has 0 aliphatic carbocycles. The first-order chi connectivity index (χ1) is 12.5. The molecule has 0 unspecified atom stereocenters. The van der Waals surface area contributed by atoms with E-state index in [9.17, 15) is 13.2 Å². The molecule has 0 radical (unpaired) electrons. The van der Waals surface area contributed by atoms with E-state index in [0.29, 0.717) is 19.5 Å². The molecule has 0 aromatic heterocycles. The molecule has 0 saturated carbocycles. The summed E-state index contributed by atoms with van der Waals surface area (Å²) in [5.41, 5.74) is 1.12. The summed E-state index contributed by atoms with van der Waals surface area (Å²) in [5, 5.41) is 0. The van der Waals surface area contributed by atoms with Crippen molar-refractivity contribution in [3.8, 4) is 5.75 Å². The average molecular weight is 381 g/mol. The summed E-state index contributed by atoms with van der Waals surface area (Å²) in [6.07, 6.45) is 5.08. The van der Waals surface area contributed by atoms with Crippen LogP contribution >= 0.6 is 0 Å². The van der Waals surface area contributed by atoms with Crippen LogP contribution in [-0.4, -0.2) is 56.0 Å². The van der Waals surface area contributed by atoms with Gasteiger partial charge in [0.1, 0.15) is 5.75 Å². The first kappa shape index (κ1) is 19.2. The summed E-state index contributed by atoms with van der Waals surface area (Å²) in [7, 11) is -1.50. The van der Waals surface area contributed by atoms with Crippen molar-refractivity contribution in [1.82, 2.24) is 9.21 Å². The number of carbonyl (C=O) groups is 1. The Labute approximate surface area is 156 Å². The molecule has 144 valence electrons. The van der Waals surface area contributed by atoms with Crippen LogP contribution in [0.3, 0.4) is 0 Å². The van der Waals surface area contributed by atoms with E-state index in [2.05, 4.69) is 0 Å². The van der Waals surface area contributed by atoms with Crippen LogP contribution in [0.15, 0.2) is 24.3 Å². The number of amides is 1. The van der Waals surface area contributed by atoms with Gasteiger partial charge < -0.3 is 9.64 Å². The van der Waals surface area contributed by atoms with E-state index in [0.717, 1.165) is 43.5 Å². The van der Waals surface area contributed by atoms with E-state index in [4.69, 9.17) is 4.74 Å². The van der Waals surface area contributed by atoms with Gasteiger partial charge in [0.15, 0.2) is 0 Å². The minimum Gasteiger partial charge on any atom is -0.497 e. The molecule has 1 amide bonds. The Morgan fingerprint density at radius 3 is 2.54 bits per heavy atom. The number of likely N-dealkylation sites (tertiary alicyclic amines) is 1. The fourth-order valence-corrected chi connectivity index (χ4v) is 5.41. The highest BCUT2D eigenvalue weighted by molar-refractivity contribution is 7.89. The lowest BCUT2D eigenvalue weighted by Crippen LogP contribution is -2.37. The van der Waals surface area contributed by atoms with E-state index >= 15 is 0 Å². The van der Waals surface area contributed by atoms with Gasteiger partial charge in [-0.3, -0.25) is 4.79 Å². The zero-order valence-corrected chi connectivity index (χ0v) is 16.2. The predicted octanol–water partition coefficient (Wildman–Crippen LogP) is 2.56. The molecule has 6 nitrogen and oxygen atoms in total. The van der Waals surface area contributed by atoms with Crippen molar-refractivity contribution in [2.75, 3.05) is 32.5 Å². The quantitative estimate of drug-likeness (QED) is 0.787. The summed E-state index contributed by atoms with van der Waals surface area (Å²) in [6, 6.07) is 7.98. The molecular weight excluding hydrogens is 352 g/mol. The first-order valence-electron chi connectivity index (χ1n) is 9.42. The lowest BCUT2D eigenvalue weighted by Gasteiger charge is -2.31. The van der Waals surface area contributed by atoms with Gasteiger partial charge in [0.05, 0.1) is 18.9 Å². The second kappa shape index (κ2) is 8.39. The van der Waals surface area contributed by atoms with Gasteiger partial charge in [-0.1, -0.05) is 25.0 Å². The third kappa shape index (κ3) is 4.38. The van der Waals surface area contributed by atoms with E-state index in [-0.39, 0.29) is 24.1 Å². The number of benzene rings is 1. The molecule has 3 rings (SSSR count). The van der Waals surface area contributed by atoms with Gasteiger partial charge in [-0.25, -0.2) is 12.7 Å². The number of hydrogen-bond donors (Lipinski definition) is 0. The number of hydrogen-bond acceptors (Lipinski definition) is 4. The van der Waals surface area contributed by atoms with Crippen LogP contribution in [-0.2, 0) is 14.8 Å². The third-order valence-electron chi connectivity index (χ3n) is 5.35. The first-order valence-corrected chi connectivity index (χ1v) is 11.0. The van der Waals surface area contributed by atoms with Gasteiger partial charge in [0, 0.05) is 26.1 Å². The summed E-state index contributed by atoms with van der Waals surface area (Å²) in [4.78, 5) is 14.9. The molecule has 7 heteroatoms. The summed E-state index contributed by atoms with van der Waals surface area (Å²) >= 11 is 0. The smallest absolute Gasteiger partial charge is 0.224 e. The van der Waals surface area contributed by atoms with Crippen molar-refractivity contribution in [2.45, 2.75) is 44.6 Å². The summed E-state index contributed by atoms with van der Waals surface area (Å²) < 4.78 is 30.6. The van der Waals surface area contributed by atoms with Crippen LogP contribution in [0.1, 0.15) is 50.1 Å². The van der Waals surface area contributed by atoms with Crippen LogP contribution in [0.25, 0.3) is 0 Å². The van der Waals surface area contributed by atoms with Crippen LogP contribution in [0.2, 0.25) is 0 Å². The summed E-state index contributed by atoms with van der Waals surface area (Å²) in [5.74, 6) is 1.06. The second-order valence-electron chi connectivity index (χ2n) is 7.04. The molecule has 2 aliphatic heterocycles. The lowest BCUT2D eigenvalue weighted by molar-refractivity contribution is -0.133. The van der Waals surface area contributed by atoms with Crippen molar-refractivity contribution >= 4 is 15.9 Å². The van der Waals surface area contributed by atoms with Gasteiger partial charge in [0.2, 0.25) is 15.9 Å². The molecule has 0 spiro atoms. The summed E-state index contributed by atoms with van der Waals surface area (Å²) in [6.45, 7) is 1.58. The van der Waals surface area contributed by atoms with E-state index < -0.39 is 10.0 Å². The van der Waals surface area contributed by atoms with Gasteiger partial charge in [-0.2, -0.15) is 0 Å². The van der Waals surface area contributed by atoms with E-state index in [1.54, 1.807) is 7.11 Å². The molecule has 26 heavy (non-hydrogen) atoms. The highest BCUT2D eigenvalue weighted by Gasteiger charge is 2.31. The van der Waals surface area contributed by atoms with E-state index in [1.165, 1.54) is 4.31 Å². The number of rotatable bonds is 5. The molecule has 0 bridgehead atoms. The maximum atomic E-state index is 12.9. The van der Waals surface area contributed by atoms with Crippen molar-refractivity contribution in [3.63, 3.8) is 0 Å². The number of methoxy groups -OCH3 is 1. The van der Waals surface area contributed by atoms with E-state index in [1.807, 2.05) is 29.2 Å². The SMILES string of the molecule is COc1ccc([C@@H]2CCCCCN2C(=O)CCN2CCCS2(=O)=O)cc1. The van der Waals surface area contributed by atoms with Gasteiger partial charge in [0.25, 0.3) is 0 Å². The maximum Gasteiger partial charge on any atom is 0.224 e. The van der Waals surface area contributed by atoms with Crippen molar-refractivity contribution < 1.29 is 17.9 Å². The number of sulfonamides is 1. The predicted molar refractivity (Wildman–Crippen MR) is 101 cm³/mol. The highest BCUT2D eigenvalue weighted by atomic mass is 32.2. The Morgan fingerprint density at radius 2 is 1.88 bits per heavy atom. The van der Waals surface area contributed by atoms with Crippen LogP contribution in [0.4, 0.5) is 0 Å². The van der Waals surface area contributed by atoms with Gasteiger partial charge in [-0.05, 0) is 37.0 Å². The fraction of sp³-hybridized carbons (Fsp3) is 0.632. The fourth-order valence-electron chi connectivity index (χ4n) is 3.89. The molecule has 1 aromatic carbocycles. The largest absolute Gasteiger partial charge is 0.497 e. The molecule has 0 N–H and O–H groups in total. The standard InChI is InChI=1S/C19H28N2O4S/c1-25-17-9-7-16(8-10-17)18-6-3-2-4-13-21(18)19(22)11-14-20-12-5-15-26(20,23)24/h7-10,18H,2-6,11-15H2,1H3/t18-/m0/s1. The average Bonchev–Trinajstić information content (AvgIpc) is 2.84. The number of ether oxygens (including phenoxy) is 1. The molecular formula is C19H28N2O4S. The Morgan fingerprint density at radius 1 is 1.12 bits per heavy atom. The van der Waals surface area contributed by atoms with Crippen LogP contribution < -0.4 is 4.74 Å². The topological polar surface area (TPSA) is 66.9 Å². The minimum absolute atomic E-state index is 0.0508. The van der Waals surface area contributed by atoms with Crippen molar-refractivity contribution in [3.05, 3.63) is 29.8 Å². The number of carbonyl (C=O) groups excluding carboxylic acids is 1. The number of nitrogens with zero attached hydrogens (tertiary/aromatic N) is 2. The van der Waals surface area contributed by atoms with Crippen LogP contribution in [0, 0.1) is 0 Å². The lowest BCUT2D eigenvalue weighted by atomic mass is 10.0. The Hall–Kier alpha value is -1.60. The molecule has 2 heterocycles. The zero-order valence-electron chi connectivity index (χ0n) is 15.4. The zero-order chi connectivity index (χ0) is 18.6. The Balaban J connectivity index is 1.70. The monoisotopic (exact) mass is 380 g/mol. The Kier molecular flexibility index (Phi) is 6.19. The van der Waals surface area contributed by atoms with Crippen LogP contribution in [0.5, 0.6) is 5.75 Å². The van der Waals surface area contributed by atoms with Gasteiger partial charge in [-0.15, -0.1) is 0 Å². The molecule has 1 atom stereocenters. The van der Waals surface area contributed by atoms with Crippen molar-refractivity contribution in [2.24, 2.45) is 0 Å². The van der Waals surface area contributed by atoms with Gasteiger partial charge >= 0.3 is 0 Å². The second-order valence-corrected chi connectivity index (χ2v) is 9.13. The molecule has 1 aromatic rings. The minimum atomic E-state index is -3.15. The molecule has 2 saturated heterocycles. The molecule has 2 fully saturated rings. The third-order valence-corrected chi connectivity index (χ3v) is 7.31. The highest BCUT2D eigenvalue weighted by Crippen LogP contribution is 2.31. The maximum absolute atomic E-state index is 12.9.